The maximum atomic E-state index is 13.0. The molecule has 1 aliphatic heterocycles. The van der Waals surface area contributed by atoms with E-state index in [1.807, 2.05) is 0 Å². The van der Waals surface area contributed by atoms with Gasteiger partial charge < -0.3 is 10.1 Å². The van der Waals surface area contributed by atoms with Gasteiger partial charge >= 0.3 is 18.4 Å². The third kappa shape index (κ3) is 8.06. The molecule has 3 heterocycles. The van der Waals surface area contributed by atoms with E-state index in [4.69, 9.17) is 4.74 Å². The molecule has 0 spiro atoms. The molecule has 1 aliphatic rings. The molecular weight excluding hydrogens is 668 g/mol. The lowest BCUT2D eigenvalue weighted by Gasteiger charge is -2.21. The smallest absolute Gasteiger partial charge is 0.367 e. The molecule has 2 aromatic carbocycles. The summed E-state index contributed by atoms with van der Waals surface area (Å²) in [6.07, 6.45) is -7.20. The summed E-state index contributed by atoms with van der Waals surface area (Å²) in [4.78, 5) is 51.5. The second-order valence-corrected chi connectivity index (χ2v) is 11.3. The number of amidine groups is 1. The minimum absolute atomic E-state index is 0.0345. The average Bonchev–Trinajstić information content (AvgIpc) is 3.64. The van der Waals surface area contributed by atoms with Gasteiger partial charge in [-0.25, -0.2) is 19.4 Å². The summed E-state index contributed by atoms with van der Waals surface area (Å²) in [5.74, 6) is -0.805. The third-order valence-corrected chi connectivity index (χ3v) is 7.59. The van der Waals surface area contributed by atoms with Gasteiger partial charge in [0, 0.05) is 22.9 Å². The number of thioether (sulfide) groups is 1. The fourth-order valence-electron chi connectivity index (χ4n) is 4.47. The number of carbonyl (C=O) groups excluding carboxylic acids is 3. The number of ketones is 1. The Bertz CT molecular complexity index is 1910. The molecule has 48 heavy (non-hydrogen) atoms. The van der Waals surface area contributed by atoms with Crippen LogP contribution in [0.25, 0.3) is 17.2 Å². The van der Waals surface area contributed by atoms with Crippen LogP contribution in [0, 0.1) is 6.92 Å². The number of alkyl halides is 6. The number of Topliss-reactive ketones (excluding diaryl/α,β-unsaturated/α-hetero) is 1. The third-order valence-electron chi connectivity index (χ3n) is 6.67. The van der Waals surface area contributed by atoms with Crippen LogP contribution in [0.5, 0.6) is 0 Å². The van der Waals surface area contributed by atoms with Gasteiger partial charge in [0.1, 0.15) is 12.9 Å². The van der Waals surface area contributed by atoms with Crippen molar-refractivity contribution in [3.63, 3.8) is 0 Å². The first kappa shape index (κ1) is 34.2. The van der Waals surface area contributed by atoms with Gasteiger partial charge in [-0.15, -0.1) is 5.10 Å². The number of carbonyl (C=O) groups is 3. The van der Waals surface area contributed by atoms with E-state index < -0.39 is 48.9 Å². The molecule has 0 bridgehead atoms. The molecule has 3 amide bonds. The summed E-state index contributed by atoms with van der Waals surface area (Å²) < 4.78 is 82.5. The maximum absolute atomic E-state index is 13.0. The van der Waals surface area contributed by atoms with Crippen LogP contribution < -0.4 is 10.2 Å². The molecule has 0 unspecified atom stereocenters. The molecular formula is C30H23F6N7O4S. The highest BCUT2D eigenvalue weighted by Gasteiger charge is 2.33. The first-order chi connectivity index (χ1) is 22.6. The first-order valence-electron chi connectivity index (χ1n) is 13.8. The van der Waals surface area contributed by atoms with E-state index in [9.17, 15) is 40.7 Å². The molecule has 4 aromatic rings. The second kappa shape index (κ2) is 13.6. The molecule has 1 N–H and O–H groups in total. The highest BCUT2D eigenvalue weighted by molar-refractivity contribution is 8.15. The number of amides is 3. The Labute approximate surface area is 272 Å². The summed E-state index contributed by atoms with van der Waals surface area (Å²) in [7, 11) is 0. The van der Waals surface area contributed by atoms with Crippen molar-refractivity contribution >= 4 is 46.0 Å². The molecule has 18 heteroatoms. The lowest BCUT2D eigenvalue weighted by molar-refractivity contribution is -0.176. The Morgan fingerprint density at radius 3 is 2.48 bits per heavy atom. The van der Waals surface area contributed by atoms with Crippen LogP contribution in [0.1, 0.15) is 34.0 Å². The molecule has 2 aromatic heterocycles. The Balaban J connectivity index is 1.36. The van der Waals surface area contributed by atoms with E-state index in [0.29, 0.717) is 17.3 Å². The fourth-order valence-corrected chi connectivity index (χ4v) is 5.33. The van der Waals surface area contributed by atoms with Gasteiger partial charge in [-0.1, -0.05) is 23.9 Å². The number of anilines is 2. The number of hydrogen-bond acceptors (Lipinski definition) is 8. The van der Waals surface area contributed by atoms with E-state index in [2.05, 4.69) is 25.4 Å². The summed E-state index contributed by atoms with van der Waals surface area (Å²) >= 11 is 0.946. The molecule has 5 rings (SSSR count). The van der Waals surface area contributed by atoms with Crippen molar-refractivity contribution in [2.45, 2.75) is 32.8 Å². The van der Waals surface area contributed by atoms with Gasteiger partial charge in [0.15, 0.2) is 22.6 Å². The van der Waals surface area contributed by atoms with E-state index >= 15 is 0 Å². The molecule has 250 valence electrons. The number of pyridine rings is 1. The fraction of sp³-hybridized carbons (Fsp3) is 0.233. The zero-order chi connectivity index (χ0) is 34.8. The quantitative estimate of drug-likeness (QED) is 0.161. The number of halogens is 6. The van der Waals surface area contributed by atoms with E-state index in [-0.39, 0.29) is 45.1 Å². The SMILES string of the molecule is CC(=O)c1cc(-c2ncn(-c3ccc(C(F)(F)F)cn3)n2)ccc1NC(=O)/N=C1\SCC(=O)N1c1cc(C)ccc1COCC(F)(F)F. The van der Waals surface area contributed by atoms with E-state index in [0.717, 1.165) is 33.5 Å². The van der Waals surface area contributed by atoms with Crippen molar-refractivity contribution in [2.24, 2.45) is 4.99 Å². The van der Waals surface area contributed by atoms with Gasteiger partial charge in [0.2, 0.25) is 5.91 Å². The minimum Gasteiger partial charge on any atom is -0.367 e. The minimum atomic E-state index is -4.56. The van der Waals surface area contributed by atoms with Crippen LogP contribution >= 0.6 is 11.8 Å². The lowest BCUT2D eigenvalue weighted by atomic mass is 10.0. The molecule has 0 radical (unpaired) electrons. The summed E-state index contributed by atoms with van der Waals surface area (Å²) in [5, 5.41) is 6.71. The molecule has 0 atom stereocenters. The van der Waals surface area contributed by atoms with Crippen molar-refractivity contribution in [3.8, 4) is 17.2 Å². The van der Waals surface area contributed by atoms with Crippen LogP contribution in [0.15, 0.2) is 66.0 Å². The first-order valence-corrected chi connectivity index (χ1v) is 14.8. The number of ether oxygens (including phenoxy) is 1. The predicted molar refractivity (Wildman–Crippen MR) is 163 cm³/mol. The number of rotatable bonds is 8. The normalized spacial score (nSPS) is 14.5. The molecule has 1 saturated heterocycles. The van der Waals surface area contributed by atoms with Gasteiger partial charge in [-0.05, 0) is 55.8 Å². The number of hydrogen-bond donors (Lipinski definition) is 1. The van der Waals surface area contributed by atoms with Crippen LogP contribution in [-0.2, 0) is 22.3 Å². The standard InChI is InChI=1S/C30H23F6N7O4S/c1-16-3-4-19(12-47-14-29(31,32)33)23(9-16)43-25(45)13-48-28(43)40-27(46)39-22-7-5-18(10-21(22)17(2)44)26-38-15-42(41-26)24-8-6-20(11-37-24)30(34,35)36/h3-11,15H,12-14H2,1-2H3,(H,39,46)/b40-28-. The summed E-state index contributed by atoms with van der Waals surface area (Å²) in [6.45, 7) is 1.04. The largest absolute Gasteiger partial charge is 0.417 e. The number of urea groups is 1. The predicted octanol–water partition coefficient (Wildman–Crippen LogP) is 6.61. The van der Waals surface area contributed by atoms with Crippen LogP contribution in [0.2, 0.25) is 0 Å². The maximum Gasteiger partial charge on any atom is 0.417 e. The van der Waals surface area contributed by atoms with Crippen molar-refractivity contribution in [2.75, 3.05) is 22.6 Å². The second-order valence-electron chi connectivity index (χ2n) is 10.3. The number of benzene rings is 2. The molecule has 1 fully saturated rings. The molecule has 0 aliphatic carbocycles. The Hall–Kier alpha value is -5.10. The van der Waals surface area contributed by atoms with Gasteiger partial charge in [-0.2, -0.15) is 31.3 Å². The monoisotopic (exact) mass is 691 g/mol. The Kier molecular flexibility index (Phi) is 9.67. The van der Waals surface area contributed by atoms with Crippen molar-refractivity contribution in [1.82, 2.24) is 19.7 Å². The zero-order valence-electron chi connectivity index (χ0n) is 24.9. The van der Waals surface area contributed by atoms with Gasteiger partial charge in [0.25, 0.3) is 0 Å². The number of aryl methyl sites for hydroxylation is 1. The van der Waals surface area contributed by atoms with E-state index in [1.165, 1.54) is 37.5 Å². The van der Waals surface area contributed by atoms with Gasteiger partial charge in [0.05, 0.1) is 29.3 Å². The van der Waals surface area contributed by atoms with Crippen LogP contribution in [0.4, 0.5) is 42.5 Å². The zero-order valence-corrected chi connectivity index (χ0v) is 25.7. The van der Waals surface area contributed by atoms with Crippen LogP contribution in [-0.4, -0.2) is 61.2 Å². The summed E-state index contributed by atoms with van der Waals surface area (Å²) in [6, 6.07) is 10.1. The summed E-state index contributed by atoms with van der Waals surface area (Å²) in [5.41, 5.74) is 0.721. The topological polar surface area (TPSA) is 132 Å². The number of nitrogens with one attached hydrogen (secondary N) is 1. The van der Waals surface area contributed by atoms with Crippen molar-refractivity contribution < 1.29 is 45.5 Å². The van der Waals surface area contributed by atoms with Crippen molar-refractivity contribution in [1.29, 1.82) is 0 Å². The Morgan fingerprint density at radius 1 is 1.04 bits per heavy atom. The average molecular weight is 692 g/mol. The lowest BCUT2D eigenvalue weighted by Crippen LogP contribution is -2.31. The Morgan fingerprint density at radius 2 is 1.81 bits per heavy atom. The highest BCUT2D eigenvalue weighted by Crippen LogP contribution is 2.32. The number of aromatic nitrogens is 4. The van der Waals surface area contributed by atoms with Crippen LogP contribution in [0.3, 0.4) is 0 Å². The van der Waals surface area contributed by atoms with E-state index in [1.54, 1.807) is 19.1 Å². The van der Waals surface area contributed by atoms with Gasteiger partial charge in [-0.3, -0.25) is 14.5 Å². The highest BCUT2D eigenvalue weighted by atomic mass is 32.2. The number of nitrogens with zero attached hydrogens (tertiary/aromatic N) is 6. The number of aliphatic imine (C=N–C) groups is 1. The van der Waals surface area contributed by atoms with Crippen molar-refractivity contribution in [3.05, 3.63) is 83.3 Å². The molecule has 0 saturated carbocycles. The molecule has 11 nitrogen and oxygen atoms in total.